The van der Waals surface area contributed by atoms with E-state index in [1.165, 1.54) is 4.90 Å². The van der Waals surface area contributed by atoms with Crippen LogP contribution in [0.25, 0.3) is 5.69 Å². The summed E-state index contributed by atoms with van der Waals surface area (Å²) in [6.07, 6.45) is 0. The van der Waals surface area contributed by atoms with E-state index < -0.39 is 5.91 Å². The maximum atomic E-state index is 12.5. The van der Waals surface area contributed by atoms with Crippen molar-refractivity contribution in [1.29, 1.82) is 0 Å². The first-order chi connectivity index (χ1) is 10.8. The Labute approximate surface area is 135 Å². The van der Waals surface area contributed by atoms with Gasteiger partial charge in [-0.25, -0.2) is 4.68 Å². The van der Waals surface area contributed by atoms with Crippen LogP contribution in [0.3, 0.4) is 0 Å². The zero-order valence-corrected chi connectivity index (χ0v) is 13.9. The molecule has 0 saturated carbocycles. The molecule has 0 radical (unpaired) electrons. The second-order valence-electron chi connectivity index (χ2n) is 5.88. The molecule has 6 heteroatoms. The van der Waals surface area contributed by atoms with E-state index in [0.717, 1.165) is 17.1 Å². The minimum atomic E-state index is -0.522. The van der Waals surface area contributed by atoms with Crippen LogP contribution in [0.15, 0.2) is 30.3 Å². The minimum Gasteiger partial charge on any atom is -0.368 e. The summed E-state index contributed by atoms with van der Waals surface area (Å²) in [4.78, 5) is 25.1. The summed E-state index contributed by atoms with van der Waals surface area (Å²) < 4.78 is 1.83. The molecule has 0 bridgehead atoms. The number of benzene rings is 1. The average molecular weight is 314 g/mol. The third kappa shape index (κ3) is 3.77. The summed E-state index contributed by atoms with van der Waals surface area (Å²) in [6.45, 7) is 7.53. The monoisotopic (exact) mass is 314 g/mol. The van der Waals surface area contributed by atoms with Gasteiger partial charge >= 0.3 is 0 Å². The Morgan fingerprint density at radius 3 is 2.26 bits per heavy atom. The third-order valence-corrected chi connectivity index (χ3v) is 3.58. The number of amides is 2. The van der Waals surface area contributed by atoms with Crippen LogP contribution in [-0.2, 0) is 4.79 Å². The lowest BCUT2D eigenvalue weighted by molar-refractivity contribution is -0.119. The average Bonchev–Trinajstić information content (AvgIpc) is 2.82. The molecule has 0 atom stereocenters. The Balaban J connectivity index is 2.26. The molecular formula is C17H22N4O2. The lowest BCUT2D eigenvalue weighted by atomic mass is 10.1. The normalized spacial score (nSPS) is 10.8. The molecule has 1 aromatic heterocycles. The molecule has 0 unspecified atom stereocenters. The van der Waals surface area contributed by atoms with Gasteiger partial charge in [-0.1, -0.05) is 0 Å². The van der Waals surface area contributed by atoms with Crippen LogP contribution in [0.5, 0.6) is 0 Å². The highest BCUT2D eigenvalue weighted by atomic mass is 16.2. The lowest BCUT2D eigenvalue weighted by Gasteiger charge is -2.25. The van der Waals surface area contributed by atoms with E-state index in [1.807, 2.05) is 50.6 Å². The fourth-order valence-corrected chi connectivity index (χ4v) is 2.46. The Bertz CT molecular complexity index is 717. The Kier molecular flexibility index (Phi) is 4.83. The van der Waals surface area contributed by atoms with Gasteiger partial charge in [0.05, 0.1) is 17.9 Å². The van der Waals surface area contributed by atoms with Gasteiger partial charge in [-0.05, 0) is 58.0 Å². The van der Waals surface area contributed by atoms with Gasteiger partial charge in [0.2, 0.25) is 5.91 Å². The number of carbonyl (C=O) groups excluding carboxylic acids is 2. The van der Waals surface area contributed by atoms with Crippen LogP contribution in [0, 0.1) is 13.8 Å². The zero-order chi connectivity index (χ0) is 17.1. The first-order valence-electron chi connectivity index (χ1n) is 7.52. The molecule has 0 aliphatic heterocycles. The van der Waals surface area contributed by atoms with Crippen molar-refractivity contribution in [3.05, 3.63) is 47.3 Å². The van der Waals surface area contributed by atoms with Crippen LogP contribution in [-0.4, -0.2) is 39.1 Å². The van der Waals surface area contributed by atoms with Crippen molar-refractivity contribution < 1.29 is 9.59 Å². The number of rotatable bonds is 5. The van der Waals surface area contributed by atoms with Gasteiger partial charge in [0.25, 0.3) is 5.91 Å². The number of nitrogens with zero attached hydrogens (tertiary/aromatic N) is 3. The summed E-state index contributed by atoms with van der Waals surface area (Å²) in [7, 11) is 0. The van der Waals surface area contributed by atoms with Gasteiger partial charge in [-0.15, -0.1) is 0 Å². The Hall–Kier alpha value is -2.63. The second kappa shape index (κ2) is 6.64. The van der Waals surface area contributed by atoms with E-state index >= 15 is 0 Å². The predicted molar refractivity (Wildman–Crippen MR) is 88.4 cm³/mol. The number of aromatic nitrogens is 2. The molecule has 6 nitrogen and oxygen atoms in total. The van der Waals surface area contributed by atoms with Crippen molar-refractivity contribution in [2.24, 2.45) is 5.73 Å². The molecule has 0 saturated heterocycles. The van der Waals surface area contributed by atoms with Gasteiger partial charge in [0, 0.05) is 17.3 Å². The minimum absolute atomic E-state index is 0.0876. The molecule has 1 aromatic carbocycles. The van der Waals surface area contributed by atoms with E-state index in [9.17, 15) is 9.59 Å². The van der Waals surface area contributed by atoms with Crippen molar-refractivity contribution in [2.75, 3.05) is 6.54 Å². The van der Waals surface area contributed by atoms with Crippen LogP contribution >= 0.6 is 0 Å². The van der Waals surface area contributed by atoms with Crippen LogP contribution in [0.2, 0.25) is 0 Å². The van der Waals surface area contributed by atoms with Crippen molar-refractivity contribution in [3.8, 4) is 5.69 Å². The van der Waals surface area contributed by atoms with Gasteiger partial charge < -0.3 is 10.6 Å². The van der Waals surface area contributed by atoms with Crippen LogP contribution < -0.4 is 5.73 Å². The molecule has 0 fully saturated rings. The maximum absolute atomic E-state index is 12.5. The molecule has 2 rings (SSSR count). The first-order valence-corrected chi connectivity index (χ1v) is 7.52. The Morgan fingerprint density at radius 2 is 1.83 bits per heavy atom. The van der Waals surface area contributed by atoms with E-state index in [-0.39, 0.29) is 18.5 Å². The van der Waals surface area contributed by atoms with Gasteiger partial charge in [0.15, 0.2) is 0 Å². The highest BCUT2D eigenvalue weighted by Gasteiger charge is 2.20. The predicted octanol–water partition coefficient (Wildman–Crippen LogP) is 1.83. The molecule has 0 aliphatic rings. The molecule has 2 aromatic rings. The number of hydrogen-bond acceptors (Lipinski definition) is 3. The smallest absolute Gasteiger partial charge is 0.254 e. The molecular weight excluding hydrogens is 292 g/mol. The van der Waals surface area contributed by atoms with Crippen molar-refractivity contribution >= 4 is 11.8 Å². The summed E-state index contributed by atoms with van der Waals surface area (Å²) in [5.74, 6) is -0.731. The molecule has 1 heterocycles. The number of nitrogens with two attached hydrogens (primary N) is 1. The number of hydrogen-bond donors (Lipinski definition) is 1. The van der Waals surface area contributed by atoms with E-state index in [1.54, 1.807) is 12.1 Å². The lowest BCUT2D eigenvalue weighted by Crippen LogP contribution is -2.42. The number of carbonyl (C=O) groups is 2. The molecule has 0 spiro atoms. The van der Waals surface area contributed by atoms with E-state index in [4.69, 9.17) is 5.73 Å². The van der Waals surface area contributed by atoms with Gasteiger partial charge in [-0.3, -0.25) is 9.59 Å². The summed E-state index contributed by atoms with van der Waals surface area (Å²) in [6, 6.07) is 9.05. The van der Waals surface area contributed by atoms with Crippen molar-refractivity contribution in [2.45, 2.75) is 33.7 Å². The Morgan fingerprint density at radius 1 is 1.22 bits per heavy atom. The van der Waals surface area contributed by atoms with Gasteiger partial charge in [-0.2, -0.15) is 5.10 Å². The SMILES string of the molecule is Cc1cc(C)n(-c2ccc(C(=O)N(CC(N)=O)C(C)C)cc2)n1. The van der Waals surface area contributed by atoms with Crippen molar-refractivity contribution in [3.63, 3.8) is 0 Å². The summed E-state index contributed by atoms with van der Waals surface area (Å²) in [5.41, 5.74) is 8.59. The van der Waals surface area contributed by atoms with E-state index in [0.29, 0.717) is 5.56 Å². The number of aryl methyl sites for hydroxylation is 2. The summed E-state index contributed by atoms with van der Waals surface area (Å²) >= 11 is 0. The second-order valence-corrected chi connectivity index (χ2v) is 5.88. The standard InChI is InChI=1S/C17H22N4O2/c1-11(2)20(10-16(18)22)17(23)14-5-7-15(8-6-14)21-13(4)9-12(3)19-21/h5-9,11H,10H2,1-4H3,(H2,18,22). The van der Waals surface area contributed by atoms with Crippen molar-refractivity contribution in [1.82, 2.24) is 14.7 Å². The molecule has 23 heavy (non-hydrogen) atoms. The fourth-order valence-electron chi connectivity index (χ4n) is 2.46. The van der Waals surface area contributed by atoms with Crippen LogP contribution in [0.1, 0.15) is 35.6 Å². The molecule has 122 valence electrons. The van der Waals surface area contributed by atoms with E-state index in [2.05, 4.69) is 5.10 Å². The highest BCUT2D eigenvalue weighted by Crippen LogP contribution is 2.15. The highest BCUT2D eigenvalue weighted by molar-refractivity contribution is 5.96. The summed E-state index contributed by atoms with van der Waals surface area (Å²) in [5, 5.41) is 4.42. The zero-order valence-electron chi connectivity index (χ0n) is 13.9. The largest absolute Gasteiger partial charge is 0.368 e. The van der Waals surface area contributed by atoms with Gasteiger partial charge in [0.1, 0.15) is 0 Å². The van der Waals surface area contributed by atoms with Crippen LogP contribution in [0.4, 0.5) is 0 Å². The first kappa shape index (κ1) is 16.7. The third-order valence-electron chi connectivity index (χ3n) is 3.58. The fraction of sp³-hybridized carbons (Fsp3) is 0.353. The quantitative estimate of drug-likeness (QED) is 0.914. The number of primary amides is 1. The molecule has 2 amide bonds. The maximum Gasteiger partial charge on any atom is 0.254 e. The topological polar surface area (TPSA) is 81.2 Å². The molecule has 0 aliphatic carbocycles. The molecule has 2 N–H and O–H groups in total.